The Morgan fingerprint density at radius 3 is 1.23 bits per heavy atom. The molecular formula is C43H62O4. The Hall–Kier alpha value is -3.14. The van der Waals surface area contributed by atoms with E-state index < -0.39 is 0 Å². The van der Waals surface area contributed by atoms with E-state index in [2.05, 4.69) is 107 Å². The number of fused-ring (bicyclic) bond motifs is 6. The fourth-order valence-corrected chi connectivity index (χ4v) is 8.21. The van der Waals surface area contributed by atoms with E-state index in [0.717, 1.165) is 58.5 Å². The Kier molecular flexibility index (Phi) is 11.0. The molecule has 1 aliphatic heterocycles. The molecule has 6 rings (SSSR count). The van der Waals surface area contributed by atoms with E-state index in [1.165, 1.54) is 71.9 Å². The molecule has 0 saturated carbocycles. The van der Waals surface area contributed by atoms with Crippen LogP contribution in [0.3, 0.4) is 0 Å². The molecule has 4 nitrogen and oxygen atoms in total. The lowest BCUT2D eigenvalue weighted by Crippen LogP contribution is -2.27. The summed E-state index contributed by atoms with van der Waals surface area (Å²) in [5.41, 5.74) is 10.0. The van der Waals surface area contributed by atoms with E-state index in [4.69, 9.17) is 18.9 Å². The van der Waals surface area contributed by atoms with Crippen molar-refractivity contribution in [1.82, 2.24) is 0 Å². The summed E-state index contributed by atoms with van der Waals surface area (Å²) >= 11 is 0. The molecule has 0 N–H and O–H groups in total. The fraction of sp³-hybridized carbons (Fsp3) is 0.581. The van der Waals surface area contributed by atoms with Crippen LogP contribution in [0.4, 0.5) is 0 Å². The quantitative estimate of drug-likeness (QED) is 0.210. The molecule has 4 heteroatoms. The van der Waals surface area contributed by atoms with Crippen LogP contribution in [0.15, 0.2) is 24.3 Å². The van der Waals surface area contributed by atoms with Gasteiger partial charge in [-0.15, -0.1) is 0 Å². The van der Waals surface area contributed by atoms with Crippen LogP contribution >= 0.6 is 0 Å². The molecule has 0 bridgehead atoms. The molecule has 3 aromatic rings. The highest BCUT2D eigenvalue weighted by atomic mass is 16.6. The smallest absolute Gasteiger partial charge is 0.173 e. The molecular weight excluding hydrogens is 580 g/mol. The van der Waals surface area contributed by atoms with Crippen molar-refractivity contribution in [3.63, 3.8) is 0 Å². The highest BCUT2D eigenvalue weighted by Crippen LogP contribution is 2.65. The number of unbranched alkanes of at least 4 members (excludes halogenated alkanes) is 4. The number of ether oxygens (including phenoxy) is 4. The molecule has 1 spiro atoms. The molecule has 0 aromatic heterocycles. The second kappa shape index (κ2) is 14.1. The average molecular weight is 643 g/mol. The fourth-order valence-electron chi connectivity index (χ4n) is 8.21. The topological polar surface area (TPSA) is 36.9 Å². The largest absolute Gasteiger partial charge is 0.493 e. The number of hydrogen-bond acceptors (Lipinski definition) is 4. The SMILES string of the molecule is CCCCC.CCCCC.COc1cc2c(cc1OC)C1(CC2(C)C)CC(C)(C)c2cc3c(cc21)Oc1c(C)c(C)c(C)c(C)c1O3. The lowest BCUT2D eigenvalue weighted by Gasteiger charge is -2.31. The third-order valence-electron chi connectivity index (χ3n) is 11.0. The van der Waals surface area contributed by atoms with Gasteiger partial charge in [0.1, 0.15) is 0 Å². The van der Waals surface area contributed by atoms with Crippen molar-refractivity contribution in [2.24, 2.45) is 0 Å². The Morgan fingerprint density at radius 2 is 0.872 bits per heavy atom. The Bertz CT molecular complexity index is 1580. The van der Waals surface area contributed by atoms with Crippen LogP contribution in [0.25, 0.3) is 0 Å². The third kappa shape index (κ3) is 6.51. The van der Waals surface area contributed by atoms with Crippen molar-refractivity contribution >= 4 is 0 Å². The summed E-state index contributed by atoms with van der Waals surface area (Å²) in [6, 6.07) is 8.94. The van der Waals surface area contributed by atoms with E-state index >= 15 is 0 Å². The molecule has 0 saturated heterocycles. The monoisotopic (exact) mass is 642 g/mol. The maximum atomic E-state index is 6.67. The summed E-state index contributed by atoms with van der Waals surface area (Å²) in [4.78, 5) is 0. The van der Waals surface area contributed by atoms with Gasteiger partial charge >= 0.3 is 0 Å². The zero-order valence-corrected chi connectivity index (χ0v) is 32.1. The van der Waals surface area contributed by atoms with Crippen LogP contribution in [0.5, 0.6) is 34.5 Å². The maximum Gasteiger partial charge on any atom is 0.173 e. The molecule has 0 amide bonds. The molecule has 47 heavy (non-hydrogen) atoms. The zero-order valence-electron chi connectivity index (χ0n) is 32.1. The van der Waals surface area contributed by atoms with Gasteiger partial charge in [-0.2, -0.15) is 0 Å². The van der Waals surface area contributed by atoms with Crippen LogP contribution < -0.4 is 18.9 Å². The summed E-state index contributed by atoms with van der Waals surface area (Å²) < 4.78 is 24.8. The summed E-state index contributed by atoms with van der Waals surface area (Å²) in [6.07, 6.45) is 10.2. The average Bonchev–Trinajstić information content (AvgIpc) is 3.40. The summed E-state index contributed by atoms with van der Waals surface area (Å²) in [5.74, 6) is 4.89. The van der Waals surface area contributed by atoms with Crippen molar-refractivity contribution in [2.45, 2.75) is 151 Å². The van der Waals surface area contributed by atoms with Crippen molar-refractivity contribution in [1.29, 1.82) is 0 Å². The van der Waals surface area contributed by atoms with Crippen molar-refractivity contribution < 1.29 is 18.9 Å². The Morgan fingerprint density at radius 1 is 0.532 bits per heavy atom. The van der Waals surface area contributed by atoms with Crippen LogP contribution in [0, 0.1) is 27.7 Å². The van der Waals surface area contributed by atoms with Gasteiger partial charge < -0.3 is 18.9 Å². The lowest BCUT2D eigenvalue weighted by atomic mass is 9.72. The van der Waals surface area contributed by atoms with Gasteiger partial charge in [0.15, 0.2) is 34.5 Å². The zero-order chi connectivity index (χ0) is 34.9. The predicted molar refractivity (Wildman–Crippen MR) is 198 cm³/mol. The lowest BCUT2D eigenvalue weighted by molar-refractivity contribution is 0.346. The molecule has 0 radical (unpaired) electrons. The molecule has 3 aliphatic rings. The molecule has 1 atom stereocenters. The first kappa shape index (κ1) is 36.7. The van der Waals surface area contributed by atoms with Gasteiger partial charge in [0, 0.05) is 5.41 Å². The molecule has 3 aromatic carbocycles. The minimum absolute atomic E-state index is 0.00518. The van der Waals surface area contributed by atoms with Crippen molar-refractivity contribution in [2.75, 3.05) is 14.2 Å². The summed E-state index contributed by atoms with van der Waals surface area (Å²) in [7, 11) is 3.43. The van der Waals surface area contributed by atoms with E-state index in [1.54, 1.807) is 14.2 Å². The molecule has 1 unspecified atom stereocenters. The van der Waals surface area contributed by atoms with E-state index in [1.807, 2.05) is 0 Å². The van der Waals surface area contributed by atoms with Crippen LogP contribution in [-0.4, -0.2) is 14.2 Å². The van der Waals surface area contributed by atoms with E-state index in [-0.39, 0.29) is 16.2 Å². The minimum Gasteiger partial charge on any atom is -0.493 e. The van der Waals surface area contributed by atoms with Gasteiger partial charge in [-0.1, -0.05) is 93.9 Å². The van der Waals surface area contributed by atoms with Crippen molar-refractivity contribution in [3.8, 4) is 34.5 Å². The van der Waals surface area contributed by atoms with Gasteiger partial charge in [-0.25, -0.2) is 0 Å². The van der Waals surface area contributed by atoms with Gasteiger partial charge in [0.05, 0.1) is 14.2 Å². The summed E-state index contributed by atoms with van der Waals surface area (Å²) in [5, 5.41) is 0. The third-order valence-corrected chi connectivity index (χ3v) is 11.0. The number of benzene rings is 3. The van der Waals surface area contributed by atoms with Gasteiger partial charge in [0.2, 0.25) is 0 Å². The van der Waals surface area contributed by atoms with E-state index in [9.17, 15) is 0 Å². The number of rotatable bonds is 6. The molecule has 0 fully saturated rings. The number of hydrogen-bond donors (Lipinski definition) is 0. The Balaban J connectivity index is 0.000000439. The second-order valence-corrected chi connectivity index (χ2v) is 15.4. The molecule has 258 valence electrons. The Labute approximate surface area is 286 Å². The van der Waals surface area contributed by atoms with E-state index in [0.29, 0.717) is 0 Å². The highest BCUT2D eigenvalue weighted by molar-refractivity contribution is 5.69. The molecule has 2 aliphatic carbocycles. The minimum atomic E-state index is -0.135. The first-order chi connectivity index (χ1) is 22.2. The van der Waals surface area contributed by atoms with Crippen LogP contribution in [-0.2, 0) is 16.2 Å². The van der Waals surface area contributed by atoms with Crippen LogP contribution in [0.2, 0.25) is 0 Å². The van der Waals surface area contributed by atoms with Gasteiger partial charge in [0.25, 0.3) is 0 Å². The van der Waals surface area contributed by atoms with Crippen LogP contribution in [0.1, 0.15) is 151 Å². The number of methoxy groups -OCH3 is 2. The normalized spacial score (nSPS) is 18.7. The highest BCUT2D eigenvalue weighted by Gasteiger charge is 2.57. The predicted octanol–water partition coefficient (Wildman–Crippen LogP) is 12.9. The van der Waals surface area contributed by atoms with Crippen molar-refractivity contribution in [3.05, 3.63) is 68.8 Å². The van der Waals surface area contributed by atoms with Gasteiger partial charge in [-0.05, 0) is 120 Å². The molecule has 1 heterocycles. The first-order valence-electron chi connectivity index (χ1n) is 18.1. The second-order valence-electron chi connectivity index (χ2n) is 15.4. The standard InChI is InChI=1S/C33H38O4.2C5H12/c1-17-18(2)20(4)30-29(19(17)3)36-27-12-22-24(14-28(27)37-30)33(16-32(22,7)8)15-31(5,6)21-11-25(34-9)26(35-10)13-23(21)33;2*1-3-5-4-2/h11-14H,15-16H2,1-10H3;2*3-5H2,1-2H3. The first-order valence-corrected chi connectivity index (χ1v) is 18.1. The van der Waals surface area contributed by atoms with Gasteiger partial charge in [-0.3, -0.25) is 0 Å². The maximum absolute atomic E-state index is 6.67. The summed E-state index contributed by atoms with van der Waals surface area (Å²) in [6.45, 7) is 26.8.